The van der Waals surface area contributed by atoms with Crippen LogP contribution in [0, 0.1) is 0 Å². The van der Waals surface area contributed by atoms with Crippen LogP contribution in [0.15, 0.2) is 60.7 Å². The first kappa shape index (κ1) is 15.9. The second-order valence-corrected chi connectivity index (χ2v) is 5.21. The number of rotatable bonds is 5. The van der Waals surface area contributed by atoms with Crippen LogP contribution in [0.5, 0.6) is 17.2 Å². The standard InChI is InChI=1S/C20H19NO3/c1-22-15-7-4-6-14(12-15)18-8-5-9-19(21-18)17-11-10-16(23-2)13-20(17)24-3/h4-13H,1-3H3. The summed E-state index contributed by atoms with van der Waals surface area (Å²) in [5, 5.41) is 0. The summed E-state index contributed by atoms with van der Waals surface area (Å²) in [6, 6.07) is 19.5. The largest absolute Gasteiger partial charge is 0.497 e. The number of hydrogen-bond acceptors (Lipinski definition) is 4. The van der Waals surface area contributed by atoms with E-state index in [0.717, 1.165) is 39.8 Å². The molecule has 4 heteroatoms. The van der Waals surface area contributed by atoms with Gasteiger partial charge in [-0.1, -0.05) is 18.2 Å². The Morgan fingerprint density at radius 3 is 2.12 bits per heavy atom. The zero-order valence-corrected chi connectivity index (χ0v) is 13.9. The smallest absolute Gasteiger partial charge is 0.131 e. The second kappa shape index (κ2) is 7.04. The topological polar surface area (TPSA) is 40.6 Å². The lowest BCUT2D eigenvalue weighted by atomic mass is 10.1. The molecular weight excluding hydrogens is 302 g/mol. The first-order valence-electron chi connectivity index (χ1n) is 7.59. The van der Waals surface area contributed by atoms with Crippen molar-refractivity contribution in [3.63, 3.8) is 0 Å². The number of methoxy groups -OCH3 is 3. The van der Waals surface area contributed by atoms with Gasteiger partial charge in [-0.2, -0.15) is 0 Å². The van der Waals surface area contributed by atoms with Crippen LogP contribution in [-0.2, 0) is 0 Å². The van der Waals surface area contributed by atoms with E-state index < -0.39 is 0 Å². The molecule has 3 rings (SSSR count). The van der Waals surface area contributed by atoms with Gasteiger partial charge in [0.05, 0.1) is 32.7 Å². The van der Waals surface area contributed by atoms with Crippen molar-refractivity contribution in [2.45, 2.75) is 0 Å². The summed E-state index contributed by atoms with van der Waals surface area (Å²) in [6.45, 7) is 0. The van der Waals surface area contributed by atoms with Gasteiger partial charge in [0, 0.05) is 17.2 Å². The highest BCUT2D eigenvalue weighted by Crippen LogP contribution is 2.33. The fourth-order valence-corrected chi connectivity index (χ4v) is 2.54. The normalized spacial score (nSPS) is 10.3. The van der Waals surface area contributed by atoms with Crippen LogP contribution < -0.4 is 14.2 Å². The lowest BCUT2D eigenvalue weighted by Gasteiger charge is -2.11. The van der Waals surface area contributed by atoms with Crippen molar-refractivity contribution >= 4 is 0 Å². The van der Waals surface area contributed by atoms with Crippen molar-refractivity contribution in [1.82, 2.24) is 4.98 Å². The fraction of sp³-hybridized carbons (Fsp3) is 0.150. The van der Waals surface area contributed by atoms with E-state index in [1.54, 1.807) is 21.3 Å². The Morgan fingerprint density at radius 1 is 0.667 bits per heavy atom. The minimum Gasteiger partial charge on any atom is -0.497 e. The first-order valence-corrected chi connectivity index (χ1v) is 7.59. The van der Waals surface area contributed by atoms with Gasteiger partial charge in [0.25, 0.3) is 0 Å². The maximum Gasteiger partial charge on any atom is 0.131 e. The van der Waals surface area contributed by atoms with Gasteiger partial charge in [-0.25, -0.2) is 4.98 Å². The number of ether oxygens (including phenoxy) is 3. The average Bonchev–Trinajstić information content (AvgIpc) is 2.67. The predicted octanol–water partition coefficient (Wildman–Crippen LogP) is 4.44. The van der Waals surface area contributed by atoms with Crippen molar-refractivity contribution in [3.8, 4) is 39.8 Å². The van der Waals surface area contributed by atoms with E-state index in [2.05, 4.69) is 0 Å². The van der Waals surface area contributed by atoms with E-state index in [1.165, 1.54) is 0 Å². The highest BCUT2D eigenvalue weighted by atomic mass is 16.5. The summed E-state index contributed by atoms with van der Waals surface area (Å²) in [7, 11) is 4.94. The molecule has 2 aromatic carbocycles. The maximum absolute atomic E-state index is 5.48. The van der Waals surface area contributed by atoms with Crippen molar-refractivity contribution < 1.29 is 14.2 Å². The summed E-state index contributed by atoms with van der Waals surface area (Å²) in [4.78, 5) is 4.78. The molecule has 0 unspecified atom stereocenters. The highest BCUT2D eigenvalue weighted by Gasteiger charge is 2.10. The molecule has 3 aromatic rings. The van der Waals surface area contributed by atoms with Crippen LogP contribution in [0.3, 0.4) is 0 Å². The molecule has 0 fully saturated rings. The Labute approximate surface area is 141 Å². The molecule has 0 aliphatic heterocycles. The third-order valence-corrected chi connectivity index (χ3v) is 3.80. The molecule has 0 N–H and O–H groups in total. The predicted molar refractivity (Wildman–Crippen MR) is 94.8 cm³/mol. The van der Waals surface area contributed by atoms with Gasteiger partial charge in [0.15, 0.2) is 0 Å². The van der Waals surface area contributed by atoms with Crippen LogP contribution in [-0.4, -0.2) is 26.3 Å². The molecule has 122 valence electrons. The Morgan fingerprint density at radius 2 is 1.38 bits per heavy atom. The van der Waals surface area contributed by atoms with Gasteiger partial charge in [0.1, 0.15) is 17.2 Å². The van der Waals surface area contributed by atoms with Crippen molar-refractivity contribution in [3.05, 3.63) is 60.7 Å². The molecule has 0 spiro atoms. The molecule has 4 nitrogen and oxygen atoms in total. The number of aromatic nitrogens is 1. The summed E-state index contributed by atoms with van der Waals surface area (Å²) < 4.78 is 16.0. The van der Waals surface area contributed by atoms with Crippen molar-refractivity contribution in [1.29, 1.82) is 0 Å². The van der Waals surface area contributed by atoms with E-state index in [9.17, 15) is 0 Å². The molecule has 0 radical (unpaired) electrons. The highest BCUT2D eigenvalue weighted by molar-refractivity contribution is 5.71. The summed E-state index contributed by atoms with van der Waals surface area (Å²) in [6.07, 6.45) is 0. The zero-order valence-electron chi connectivity index (χ0n) is 13.9. The first-order chi connectivity index (χ1) is 11.7. The van der Waals surface area contributed by atoms with Crippen LogP contribution in [0.1, 0.15) is 0 Å². The van der Waals surface area contributed by atoms with E-state index in [-0.39, 0.29) is 0 Å². The van der Waals surface area contributed by atoms with E-state index in [0.29, 0.717) is 0 Å². The van der Waals surface area contributed by atoms with Gasteiger partial charge >= 0.3 is 0 Å². The second-order valence-electron chi connectivity index (χ2n) is 5.21. The van der Waals surface area contributed by atoms with E-state index in [4.69, 9.17) is 19.2 Å². The minimum atomic E-state index is 0.727. The van der Waals surface area contributed by atoms with Gasteiger partial charge in [-0.05, 0) is 36.4 Å². The lowest BCUT2D eigenvalue weighted by molar-refractivity contribution is 0.395. The Bertz CT molecular complexity index is 846. The quantitative estimate of drug-likeness (QED) is 0.696. The molecule has 0 saturated carbocycles. The molecule has 1 aromatic heterocycles. The van der Waals surface area contributed by atoms with Crippen molar-refractivity contribution in [2.24, 2.45) is 0 Å². The number of pyridine rings is 1. The van der Waals surface area contributed by atoms with Crippen LogP contribution in [0.25, 0.3) is 22.5 Å². The maximum atomic E-state index is 5.48. The minimum absolute atomic E-state index is 0.727. The third-order valence-electron chi connectivity index (χ3n) is 3.80. The SMILES string of the molecule is COc1cccc(-c2cccc(-c3ccc(OC)cc3OC)n2)c1. The molecule has 1 heterocycles. The van der Waals surface area contributed by atoms with Gasteiger partial charge in [-0.3, -0.25) is 0 Å². The number of benzene rings is 2. The molecule has 0 aliphatic rings. The van der Waals surface area contributed by atoms with Crippen molar-refractivity contribution in [2.75, 3.05) is 21.3 Å². The molecule has 0 aliphatic carbocycles. The summed E-state index contributed by atoms with van der Waals surface area (Å²) >= 11 is 0. The molecule has 0 bridgehead atoms. The molecule has 0 atom stereocenters. The average molecular weight is 321 g/mol. The molecule has 0 saturated heterocycles. The monoisotopic (exact) mass is 321 g/mol. The molecular formula is C20H19NO3. The lowest BCUT2D eigenvalue weighted by Crippen LogP contribution is -1.93. The summed E-state index contributed by atoms with van der Waals surface area (Å²) in [5.74, 6) is 2.28. The van der Waals surface area contributed by atoms with Gasteiger partial charge in [0.2, 0.25) is 0 Å². The summed E-state index contributed by atoms with van der Waals surface area (Å²) in [5.41, 5.74) is 3.64. The molecule has 24 heavy (non-hydrogen) atoms. The third kappa shape index (κ3) is 3.18. The van der Waals surface area contributed by atoms with Crippen LogP contribution in [0.2, 0.25) is 0 Å². The zero-order chi connectivity index (χ0) is 16.9. The Balaban J connectivity index is 2.05. The number of nitrogens with zero attached hydrogens (tertiary/aromatic N) is 1. The van der Waals surface area contributed by atoms with Crippen LogP contribution >= 0.6 is 0 Å². The van der Waals surface area contributed by atoms with E-state index in [1.807, 2.05) is 60.7 Å². The Kier molecular flexibility index (Phi) is 4.66. The Hall–Kier alpha value is -3.01. The fourth-order valence-electron chi connectivity index (χ4n) is 2.54. The van der Waals surface area contributed by atoms with Gasteiger partial charge < -0.3 is 14.2 Å². The molecule has 0 amide bonds. The number of hydrogen-bond donors (Lipinski definition) is 0. The van der Waals surface area contributed by atoms with Gasteiger partial charge in [-0.15, -0.1) is 0 Å². The van der Waals surface area contributed by atoms with E-state index >= 15 is 0 Å². The van der Waals surface area contributed by atoms with Crippen LogP contribution in [0.4, 0.5) is 0 Å².